The molecule has 2 rings (SSSR count). The largest absolute Gasteiger partial charge is 0.493 e. The molecule has 0 bridgehead atoms. The van der Waals surface area contributed by atoms with Crippen LogP contribution < -0.4 is 14.4 Å². The van der Waals surface area contributed by atoms with Gasteiger partial charge in [-0.3, -0.25) is 4.79 Å². The van der Waals surface area contributed by atoms with Crippen molar-refractivity contribution in [1.29, 1.82) is 5.26 Å². The maximum Gasteiger partial charge on any atom is 0.338 e. The molecule has 0 heterocycles. The Morgan fingerprint density at radius 1 is 1.14 bits per heavy atom. The van der Waals surface area contributed by atoms with Crippen molar-refractivity contribution in [3.05, 3.63) is 53.1 Å². The van der Waals surface area contributed by atoms with Crippen molar-refractivity contribution in [3.8, 4) is 17.6 Å². The van der Waals surface area contributed by atoms with Crippen LogP contribution in [0, 0.1) is 11.3 Å². The van der Waals surface area contributed by atoms with Gasteiger partial charge in [0.15, 0.2) is 18.1 Å². The molecule has 0 radical (unpaired) electrons. The van der Waals surface area contributed by atoms with E-state index in [0.717, 1.165) is 0 Å². The standard InChI is InChI=1S/C20H19ClN2O5/c1-26-17-12-14(11-16(21)19(17)27-2)20(25)28-13-18(24)23(10-6-9-22)15-7-4-3-5-8-15/h3-5,7-8,11-12H,6,10,13H2,1-2H3. The first kappa shape index (κ1) is 21.1. The van der Waals surface area contributed by atoms with Gasteiger partial charge in [-0.25, -0.2) is 4.79 Å². The SMILES string of the molecule is COc1cc(C(=O)OCC(=O)N(CCC#N)c2ccccc2)cc(Cl)c1OC. The molecule has 0 aromatic heterocycles. The van der Waals surface area contributed by atoms with Crippen molar-refractivity contribution in [1.82, 2.24) is 0 Å². The number of nitrogens with zero attached hydrogens (tertiary/aromatic N) is 2. The monoisotopic (exact) mass is 402 g/mol. The molecule has 28 heavy (non-hydrogen) atoms. The van der Waals surface area contributed by atoms with Crippen LogP contribution in [0.4, 0.5) is 5.69 Å². The number of hydrogen-bond donors (Lipinski definition) is 0. The number of nitriles is 1. The predicted molar refractivity (Wildman–Crippen MR) is 104 cm³/mol. The van der Waals surface area contributed by atoms with Crippen LogP contribution in [0.2, 0.25) is 5.02 Å². The fraction of sp³-hybridized carbons (Fsp3) is 0.250. The number of ether oxygens (including phenoxy) is 3. The zero-order valence-corrected chi connectivity index (χ0v) is 16.2. The van der Waals surface area contributed by atoms with Gasteiger partial charge in [-0.15, -0.1) is 0 Å². The number of rotatable bonds is 8. The van der Waals surface area contributed by atoms with Crippen molar-refractivity contribution < 1.29 is 23.8 Å². The fourth-order valence-electron chi connectivity index (χ4n) is 2.49. The number of methoxy groups -OCH3 is 2. The molecule has 146 valence electrons. The van der Waals surface area contributed by atoms with Gasteiger partial charge in [0.25, 0.3) is 5.91 Å². The minimum absolute atomic E-state index is 0.124. The Bertz CT molecular complexity index is 880. The Kier molecular flexibility index (Phi) is 7.66. The third-order valence-corrected chi connectivity index (χ3v) is 4.09. The number of benzene rings is 2. The Balaban J connectivity index is 2.11. The molecule has 0 spiro atoms. The highest BCUT2D eigenvalue weighted by atomic mass is 35.5. The molecule has 0 N–H and O–H groups in total. The molecule has 2 aromatic rings. The maximum absolute atomic E-state index is 12.5. The van der Waals surface area contributed by atoms with E-state index >= 15 is 0 Å². The number of carbonyl (C=O) groups is 2. The second kappa shape index (κ2) is 10.2. The van der Waals surface area contributed by atoms with Crippen LogP contribution in [0.5, 0.6) is 11.5 Å². The number of para-hydroxylation sites is 1. The van der Waals surface area contributed by atoms with Gasteiger partial charge in [-0.1, -0.05) is 29.8 Å². The molecule has 0 saturated heterocycles. The quantitative estimate of drug-likeness (QED) is 0.628. The van der Waals surface area contributed by atoms with Gasteiger partial charge in [-0.05, 0) is 24.3 Å². The average molecular weight is 403 g/mol. The predicted octanol–water partition coefficient (Wildman–Crippen LogP) is 3.46. The van der Waals surface area contributed by atoms with Gasteiger partial charge in [0.2, 0.25) is 0 Å². The van der Waals surface area contributed by atoms with E-state index in [1.165, 1.54) is 31.3 Å². The summed E-state index contributed by atoms with van der Waals surface area (Å²) in [5.74, 6) is -0.609. The molecule has 0 aliphatic rings. The van der Waals surface area contributed by atoms with E-state index in [2.05, 4.69) is 0 Å². The lowest BCUT2D eigenvalue weighted by atomic mass is 10.2. The molecule has 0 unspecified atom stereocenters. The van der Waals surface area contributed by atoms with Gasteiger partial charge < -0.3 is 19.1 Å². The van der Waals surface area contributed by atoms with E-state index in [0.29, 0.717) is 11.4 Å². The summed E-state index contributed by atoms with van der Waals surface area (Å²) >= 11 is 6.09. The van der Waals surface area contributed by atoms with Gasteiger partial charge in [0.1, 0.15) is 0 Å². The number of carbonyl (C=O) groups excluding carboxylic acids is 2. The summed E-state index contributed by atoms with van der Waals surface area (Å²) in [6.07, 6.45) is 0.153. The minimum atomic E-state index is -0.732. The summed E-state index contributed by atoms with van der Waals surface area (Å²) in [5.41, 5.74) is 0.742. The van der Waals surface area contributed by atoms with Crippen LogP contribution in [-0.4, -0.2) is 39.2 Å². The zero-order chi connectivity index (χ0) is 20.5. The molecule has 7 nitrogen and oxygen atoms in total. The Labute approximate surface area is 168 Å². The van der Waals surface area contributed by atoms with Gasteiger partial charge >= 0.3 is 5.97 Å². The lowest BCUT2D eigenvalue weighted by Gasteiger charge is -2.21. The summed E-state index contributed by atoms with van der Waals surface area (Å²) in [5, 5.41) is 9.00. The van der Waals surface area contributed by atoms with Crippen molar-refractivity contribution in [3.63, 3.8) is 0 Å². The van der Waals surface area contributed by atoms with Crippen molar-refractivity contribution in [2.45, 2.75) is 6.42 Å². The van der Waals surface area contributed by atoms with E-state index in [-0.39, 0.29) is 29.3 Å². The third-order valence-electron chi connectivity index (χ3n) is 3.81. The van der Waals surface area contributed by atoms with E-state index in [1.54, 1.807) is 24.3 Å². The molecule has 0 fully saturated rings. The molecule has 2 aromatic carbocycles. The second-order valence-corrected chi connectivity index (χ2v) is 5.97. The number of esters is 1. The van der Waals surface area contributed by atoms with E-state index in [4.69, 9.17) is 31.1 Å². The Morgan fingerprint density at radius 3 is 2.46 bits per heavy atom. The topological polar surface area (TPSA) is 88.9 Å². The minimum Gasteiger partial charge on any atom is -0.493 e. The molecule has 0 atom stereocenters. The van der Waals surface area contributed by atoms with Crippen LogP contribution in [0.3, 0.4) is 0 Å². The first-order valence-corrected chi connectivity index (χ1v) is 8.70. The van der Waals surface area contributed by atoms with Crippen molar-refractivity contribution in [2.75, 3.05) is 32.3 Å². The first-order chi connectivity index (χ1) is 13.5. The van der Waals surface area contributed by atoms with E-state index in [9.17, 15) is 9.59 Å². The number of amides is 1. The molecule has 0 aliphatic heterocycles. The molecule has 0 aliphatic carbocycles. The van der Waals surface area contributed by atoms with Crippen LogP contribution in [-0.2, 0) is 9.53 Å². The average Bonchev–Trinajstić information content (AvgIpc) is 2.72. The van der Waals surface area contributed by atoms with Crippen molar-refractivity contribution >= 4 is 29.2 Å². The van der Waals surface area contributed by atoms with Crippen molar-refractivity contribution in [2.24, 2.45) is 0 Å². The molecular weight excluding hydrogens is 384 g/mol. The lowest BCUT2D eigenvalue weighted by Crippen LogP contribution is -2.35. The molecule has 0 saturated carbocycles. The van der Waals surface area contributed by atoms with Crippen LogP contribution in [0.1, 0.15) is 16.8 Å². The molecule has 8 heteroatoms. The van der Waals surface area contributed by atoms with E-state index in [1.807, 2.05) is 12.1 Å². The third kappa shape index (κ3) is 5.15. The molecular formula is C20H19ClN2O5. The number of anilines is 1. The number of halogens is 1. The maximum atomic E-state index is 12.5. The highest BCUT2D eigenvalue weighted by molar-refractivity contribution is 6.32. The van der Waals surface area contributed by atoms with Gasteiger partial charge in [0, 0.05) is 12.2 Å². The highest BCUT2D eigenvalue weighted by Gasteiger charge is 2.20. The number of hydrogen-bond acceptors (Lipinski definition) is 6. The highest BCUT2D eigenvalue weighted by Crippen LogP contribution is 2.36. The lowest BCUT2D eigenvalue weighted by molar-refractivity contribution is -0.121. The van der Waals surface area contributed by atoms with Crippen LogP contribution >= 0.6 is 11.6 Å². The smallest absolute Gasteiger partial charge is 0.338 e. The Hall–Kier alpha value is -3.24. The zero-order valence-electron chi connectivity index (χ0n) is 15.5. The molecule has 1 amide bonds. The van der Waals surface area contributed by atoms with E-state index < -0.39 is 18.5 Å². The van der Waals surface area contributed by atoms with Gasteiger partial charge in [-0.2, -0.15) is 5.26 Å². The van der Waals surface area contributed by atoms with Crippen LogP contribution in [0.15, 0.2) is 42.5 Å². The summed E-state index contributed by atoms with van der Waals surface area (Å²) in [4.78, 5) is 26.3. The summed E-state index contributed by atoms with van der Waals surface area (Å²) in [6, 6.07) is 13.6. The normalized spacial score (nSPS) is 9.93. The summed E-state index contributed by atoms with van der Waals surface area (Å²) in [6.45, 7) is -0.287. The van der Waals surface area contributed by atoms with Crippen LogP contribution in [0.25, 0.3) is 0 Å². The van der Waals surface area contributed by atoms with Gasteiger partial charge in [0.05, 0.1) is 37.3 Å². The first-order valence-electron chi connectivity index (χ1n) is 8.32. The summed E-state index contributed by atoms with van der Waals surface area (Å²) in [7, 11) is 2.85. The summed E-state index contributed by atoms with van der Waals surface area (Å²) < 4.78 is 15.4. The fourth-order valence-corrected chi connectivity index (χ4v) is 2.78. The Morgan fingerprint density at radius 2 is 1.86 bits per heavy atom. The second-order valence-electron chi connectivity index (χ2n) is 5.56.